The van der Waals surface area contributed by atoms with Crippen LogP contribution in [0.25, 0.3) is 82.8 Å². The molecule has 190 valence electrons. The highest BCUT2D eigenvalue weighted by molar-refractivity contribution is 6.23. The van der Waals surface area contributed by atoms with Crippen LogP contribution in [-0.4, -0.2) is 14.4 Å². The molecule has 0 aliphatic heterocycles. The van der Waals surface area contributed by atoms with E-state index in [9.17, 15) is 0 Å². The lowest BCUT2D eigenvalue weighted by atomic mass is 10.0. The first-order chi connectivity index (χ1) is 20.3. The zero-order valence-corrected chi connectivity index (χ0v) is 22.1. The number of benzene rings is 6. The fraction of sp³-hybridized carbons (Fsp3) is 0. The summed E-state index contributed by atoms with van der Waals surface area (Å²) in [6.07, 6.45) is 0. The fourth-order valence-corrected chi connectivity index (χ4v) is 6.44. The second-order valence-electron chi connectivity index (χ2n) is 10.6. The Labute approximate surface area is 236 Å². The zero-order valence-electron chi connectivity index (χ0n) is 22.1. The fourth-order valence-electron chi connectivity index (χ4n) is 6.44. The molecule has 9 aromatic rings. The molecule has 0 radical (unpaired) electrons. The van der Waals surface area contributed by atoms with Crippen LogP contribution in [0.15, 0.2) is 140 Å². The Balaban J connectivity index is 1.18. The zero-order chi connectivity index (χ0) is 26.9. The maximum Gasteiger partial charge on any atom is 0.160 e. The summed E-state index contributed by atoms with van der Waals surface area (Å²) in [7, 11) is 0. The molecule has 6 aromatic carbocycles. The summed E-state index contributed by atoms with van der Waals surface area (Å²) in [5.74, 6) is 0.736. The van der Waals surface area contributed by atoms with Gasteiger partial charge in [0.25, 0.3) is 0 Å². The molecule has 3 heterocycles. The van der Waals surface area contributed by atoms with Crippen molar-refractivity contribution in [2.45, 2.75) is 0 Å². The molecule has 3 nitrogen and oxygen atoms in total. The van der Waals surface area contributed by atoms with Crippen molar-refractivity contribution in [3.63, 3.8) is 0 Å². The van der Waals surface area contributed by atoms with Crippen LogP contribution in [0.5, 0.6) is 0 Å². The van der Waals surface area contributed by atoms with Gasteiger partial charge in [-0.2, -0.15) is 0 Å². The molecule has 0 saturated carbocycles. The number of fused-ring (bicyclic) bond motifs is 7. The van der Waals surface area contributed by atoms with E-state index >= 15 is 0 Å². The maximum absolute atomic E-state index is 5.04. The summed E-state index contributed by atoms with van der Waals surface area (Å²) in [5, 5.41) is 6.26. The molecule has 0 unspecified atom stereocenters. The number of rotatable bonds is 3. The molecule has 0 bridgehead atoms. The van der Waals surface area contributed by atoms with Gasteiger partial charge in [0.2, 0.25) is 0 Å². The largest absolute Gasteiger partial charge is 0.308 e. The maximum atomic E-state index is 5.04. The van der Waals surface area contributed by atoms with Crippen molar-refractivity contribution >= 4 is 49.0 Å². The van der Waals surface area contributed by atoms with Gasteiger partial charge < -0.3 is 4.40 Å². The molecule has 0 amide bonds. The molecule has 3 aromatic heterocycles. The van der Waals surface area contributed by atoms with Gasteiger partial charge in [0.05, 0.1) is 27.8 Å². The van der Waals surface area contributed by atoms with Crippen molar-refractivity contribution in [2.24, 2.45) is 0 Å². The Morgan fingerprint density at radius 3 is 1.85 bits per heavy atom. The van der Waals surface area contributed by atoms with Crippen LogP contribution in [0.3, 0.4) is 0 Å². The molecule has 41 heavy (non-hydrogen) atoms. The van der Waals surface area contributed by atoms with E-state index in [2.05, 4.69) is 126 Å². The lowest BCUT2D eigenvalue weighted by Crippen LogP contribution is -1.95. The van der Waals surface area contributed by atoms with Gasteiger partial charge in [-0.05, 0) is 29.3 Å². The quantitative estimate of drug-likeness (QED) is 0.232. The monoisotopic (exact) mass is 521 g/mol. The van der Waals surface area contributed by atoms with Gasteiger partial charge in [-0.1, -0.05) is 121 Å². The molecule has 9 rings (SSSR count). The summed E-state index contributed by atoms with van der Waals surface area (Å²) in [6, 6.07) is 49.4. The Hall–Kier alpha value is -5.54. The van der Waals surface area contributed by atoms with Crippen LogP contribution in [0.1, 0.15) is 0 Å². The molecule has 0 aliphatic carbocycles. The Morgan fingerprint density at radius 1 is 0.390 bits per heavy atom. The van der Waals surface area contributed by atoms with Crippen molar-refractivity contribution in [1.82, 2.24) is 14.4 Å². The van der Waals surface area contributed by atoms with Crippen LogP contribution in [-0.2, 0) is 0 Å². The number of para-hydroxylation sites is 3. The van der Waals surface area contributed by atoms with E-state index in [1.807, 2.05) is 18.2 Å². The van der Waals surface area contributed by atoms with Crippen LogP contribution in [0, 0.1) is 0 Å². The first-order valence-electron chi connectivity index (χ1n) is 13.9. The highest BCUT2D eigenvalue weighted by atomic mass is 14.9. The van der Waals surface area contributed by atoms with E-state index in [4.69, 9.17) is 9.97 Å². The lowest BCUT2D eigenvalue weighted by molar-refractivity contribution is 1.23. The van der Waals surface area contributed by atoms with Crippen molar-refractivity contribution < 1.29 is 0 Å². The number of aromatic nitrogens is 3. The van der Waals surface area contributed by atoms with Crippen LogP contribution in [0.2, 0.25) is 0 Å². The highest BCUT2D eigenvalue weighted by Crippen LogP contribution is 2.40. The topological polar surface area (TPSA) is 30.2 Å². The summed E-state index contributed by atoms with van der Waals surface area (Å²) >= 11 is 0. The van der Waals surface area contributed by atoms with E-state index in [0.29, 0.717) is 0 Å². The summed E-state index contributed by atoms with van der Waals surface area (Å²) in [4.78, 5) is 9.98. The lowest BCUT2D eigenvalue weighted by Gasteiger charge is -2.10. The van der Waals surface area contributed by atoms with Gasteiger partial charge in [0.1, 0.15) is 0 Å². The average molecular weight is 522 g/mol. The Kier molecular flexibility index (Phi) is 4.61. The molecular weight excluding hydrogens is 498 g/mol. The molecule has 3 heteroatoms. The minimum atomic E-state index is 0.736. The first-order valence-corrected chi connectivity index (χ1v) is 13.9. The summed E-state index contributed by atoms with van der Waals surface area (Å²) in [5.41, 5.74) is 10.2. The normalized spacial score (nSPS) is 11.9. The van der Waals surface area contributed by atoms with E-state index in [-0.39, 0.29) is 0 Å². The van der Waals surface area contributed by atoms with E-state index in [1.165, 1.54) is 49.2 Å². The van der Waals surface area contributed by atoms with Gasteiger partial charge in [0.15, 0.2) is 5.82 Å². The van der Waals surface area contributed by atoms with Crippen molar-refractivity contribution in [3.8, 4) is 33.8 Å². The van der Waals surface area contributed by atoms with Gasteiger partial charge in [0, 0.05) is 38.1 Å². The van der Waals surface area contributed by atoms with Crippen LogP contribution in [0.4, 0.5) is 0 Å². The first kappa shape index (κ1) is 22.3. The third-order valence-electron chi connectivity index (χ3n) is 8.35. The van der Waals surface area contributed by atoms with E-state index < -0.39 is 0 Å². The van der Waals surface area contributed by atoms with Crippen LogP contribution < -0.4 is 0 Å². The Bertz CT molecular complexity index is 2400. The minimum Gasteiger partial charge on any atom is -0.308 e. The van der Waals surface area contributed by atoms with Crippen molar-refractivity contribution in [3.05, 3.63) is 140 Å². The predicted molar refractivity (Wildman–Crippen MR) is 171 cm³/mol. The minimum absolute atomic E-state index is 0.736. The van der Waals surface area contributed by atoms with E-state index in [1.54, 1.807) is 0 Å². The molecule has 0 N–H and O–H groups in total. The van der Waals surface area contributed by atoms with Crippen molar-refractivity contribution in [1.29, 1.82) is 0 Å². The summed E-state index contributed by atoms with van der Waals surface area (Å²) in [6.45, 7) is 0. The number of hydrogen-bond donors (Lipinski definition) is 0. The number of nitrogens with zero attached hydrogens (tertiary/aromatic N) is 3. The molecule has 0 fully saturated rings. The van der Waals surface area contributed by atoms with Crippen molar-refractivity contribution in [2.75, 3.05) is 0 Å². The van der Waals surface area contributed by atoms with Gasteiger partial charge in [-0.15, -0.1) is 0 Å². The third-order valence-corrected chi connectivity index (χ3v) is 8.35. The average Bonchev–Trinajstić information content (AvgIpc) is 3.57. The second-order valence-corrected chi connectivity index (χ2v) is 10.6. The van der Waals surface area contributed by atoms with Crippen LogP contribution >= 0.6 is 0 Å². The predicted octanol–water partition coefficient (Wildman–Crippen LogP) is 9.78. The Morgan fingerprint density at radius 2 is 1.02 bits per heavy atom. The SMILES string of the molecule is c1ccc(-c2nc(-c3ccc(-c4ccc5c6cccc7c8ccccc8n(c5c4)c76)cc3)nc3ccccc23)cc1. The standard InChI is InChI=1S/C38H23N3/c1-2-9-25(10-3-1)36-32-12-4-6-15-33(32)39-38(40-36)26-19-17-24(18-20-26)27-21-22-29-31-14-8-13-30-28-11-5-7-16-34(28)41(37(30)31)35(29)23-27/h1-23H. The molecule has 0 spiro atoms. The van der Waals surface area contributed by atoms with E-state index in [0.717, 1.165) is 33.5 Å². The van der Waals surface area contributed by atoms with Gasteiger partial charge in [-0.25, -0.2) is 9.97 Å². The molecule has 0 atom stereocenters. The smallest absolute Gasteiger partial charge is 0.160 e. The number of hydrogen-bond acceptors (Lipinski definition) is 2. The van der Waals surface area contributed by atoms with Gasteiger partial charge in [-0.3, -0.25) is 0 Å². The third kappa shape index (κ3) is 3.26. The second kappa shape index (κ2) is 8.48. The molecule has 0 saturated heterocycles. The molecular formula is C38H23N3. The summed E-state index contributed by atoms with van der Waals surface area (Å²) < 4.78 is 2.43. The molecule has 0 aliphatic rings. The highest BCUT2D eigenvalue weighted by Gasteiger charge is 2.17. The van der Waals surface area contributed by atoms with Gasteiger partial charge >= 0.3 is 0 Å².